The number of carbonyl (C=O) groups excluding carboxylic acids is 1. The number of rotatable bonds is 7. The van der Waals surface area contributed by atoms with E-state index in [2.05, 4.69) is 20.3 Å². The van der Waals surface area contributed by atoms with Crippen LogP contribution >= 0.6 is 11.6 Å². The second-order valence-corrected chi connectivity index (χ2v) is 11.0. The standard InChI is InChI=1S/C27H31ClFN5O5/c1-27(2,3)39-26(35)34-10-8-17(12-34)38-21-7-5-19-24(33-21)25(31-15-30-19)32-18-4-6-20(22(28)23(18)29)37-14-16-9-11-36-13-16/h4-7,15-17H,8-14H2,1-3H3,(H,30,31,32)/t16-,17-/m0/s1. The van der Waals surface area contributed by atoms with Crippen molar-refractivity contribution in [2.75, 3.05) is 38.2 Å². The average Bonchev–Trinajstić information content (AvgIpc) is 3.58. The molecular formula is C27H31ClFN5O5. The predicted molar refractivity (Wildman–Crippen MR) is 143 cm³/mol. The number of amides is 1. The second-order valence-electron chi connectivity index (χ2n) is 10.6. The Kier molecular flexibility index (Phi) is 7.90. The zero-order valence-electron chi connectivity index (χ0n) is 22.1. The SMILES string of the molecule is CC(C)(C)OC(=O)N1CC[C@H](Oc2ccc3ncnc(Nc4ccc(OC[C@H]5CCOC5)c(Cl)c4F)c3n2)C1. The molecule has 0 aliphatic carbocycles. The molecule has 4 heterocycles. The lowest BCUT2D eigenvalue weighted by Gasteiger charge is -2.24. The van der Waals surface area contributed by atoms with Crippen molar-refractivity contribution in [1.29, 1.82) is 0 Å². The van der Waals surface area contributed by atoms with E-state index in [-0.39, 0.29) is 34.6 Å². The van der Waals surface area contributed by atoms with E-state index in [1.54, 1.807) is 29.2 Å². The molecule has 2 aliphatic rings. The van der Waals surface area contributed by atoms with Gasteiger partial charge in [0.1, 0.15) is 34.3 Å². The molecular weight excluding hydrogens is 529 g/mol. The molecule has 2 aliphatic heterocycles. The van der Waals surface area contributed by atoms with Gasteiger partial charge in [-0.2, -0.15) is 0 Å². The third-order valence-corrected chi connectivity index (χ3v) is 6.69. The van der Waals surface area contributed by atoms with Gasteiger partial charge in [0.2, 0.25) is 5.88 Å². The molecule has 208 valence electrons. The Labute approximate surface area is 230 Å². The molecule has 10 nitrogen and oxygen atoms in total. The number of hydrogen-bond donors (Lipinski definition) is 1. The van der Waals surface area contributed by atoms with Crippen molar-refractivity contribution in [2.45, 2.75) is 45.3 Å². The topological polar surface area (TPSA) is 108 Å². The lowest BCUT2D eigenvalue weighted by atomic mass is 10.1. The summed E-state index contributed by atoms with van der Waals surface area (Å²) >= 11 is 6.28. The van der Waals surface area contributed by atoms with Gasteiger partial charge in [-0.25, -0.2) is 24.1 Å². The van der Waals surface area contributed by atoms with Gasteiger partial charge < -0.3 is 29.2 Å². The number of benzene rings is 1. The quantitative estimate of drug-likeness (QED) is 0.409. The molecule has 1 aromatic carbocycles. The van der Waals surface area contributed by atoms with E-state index in [0.717, 1.165) is 6.42 Å². The van der Waals surface area contributed by atoms with Gasteiger partial charge in [-0.1, -0.05) is 11.6 Å². The fourth-order valence-corrected chi connectivity index (χ4v) is 4.58. The van der Waals surface area contributed by atoms with Crippen LogP contribution in [-0.2, 0) is 9.47 Å². The highest BCUT2D eigenvalue weighted by Crippen LogP contribution is 2.35. The van der Waals surface area contributed by atoms with Crippen molar-refractivity contribution in [1.82, 2.24) is 19.9 Å². The summed E-state index contributed by atoms with van der Waals surface area (Å²) in [5.74, 6) is 0.504. The molecule has 2 saturated heterocycles. The van der Waals surface area contributed by atoms with E-state index >= 15 is 4.39 Å². The van der Waals surface area contributed by atoms with Gasteiger partial charge >= 0.3 is 6.09 Å². The van der Waals surface area contributed by atoms with Crippen LogP contribution in [0.1, 0.15) is 33.6 Å². The lowest BCUT2D eigenvalue weighted by Crippen LogP contribution is -2.36. The number of aromatic nitrogens is 3. The first-order valence-corrected chi connectivity index (χ1v) is 13.3. The molecule has 0 radical (unpaired) electrons. The van der Waals surface area contributed by atoms with Crippen LogP contribution in [0.5, 0.6) is 11.6 Å². The van der Waals surface area contributed by atoms with Crippen molar-refractivity contribution >= 4 is 40.2 Å². The van der Waals surface area contributed by atoms with Gasteiger partial charge in [0.15, 0.2) is 11.6 Å². The van der Waals surface area contributed by atoms with Crippen LogP contribution in [-0.4, -0.2) is 70.6 Å². The Morgan fingerprint density at radius 2 is 2.08 bits per heavy atom. The first kappa shape index (κ1) is 27.1. The van der Waals surface area contributed by atoms with Gasteiger partial charge in [-0.15, -0.1) is 0 Å². The van der Waals surface area contributed by atoms with E-state index in [0.29, 0.717) is 62.1 Å². The summed E-state index contributed by atoms with van der Waals surface area (Å²) in [5, 5.41) is 2.85. The van der Waals surface area contributed by atoms with E-state index in [9.17, 15) is 4.79 Å². The third kappa shape index (κ3) is 6.59. The van der Waals surface area contributed by atoms with E-state index in [1.807, 2.05) is 20.8 Å². The van der Waals surface area contributed by atoms with E-state index < -0.39 is 11.4 Å². The van der Waals surface area contributed by atoms with E-state index in [1.165, 1.54) is 6.33 Å². The normalized spacial score (nSPS) is 19.4. The molecule has 0 bridgehead atoms. The van der Waals surface area contributed by atoms with Crippen LogP contribution in [0.15, 0.2) is 30.6 Å². The molecule has 5 rings (SSSR count). The molecule has 39 heavy (non-hydrogen) atoms. The number of nitrogens with one attached hydrogen (secondary N) is 1. The molecule has 3 aromatic rings. The van der Waals surface area contributed by atoms with Crippen LogP contribution < -0.4 is 14.8 Å². The molecule has 0 spiro atoms. The van der Waals surface area contributed by atoms with Crippen LogP contribution in [0.2, 0.25) is 5.02 Å². The molecule has 1 N–H and O–H groups in total. The van der Waals surface area contributed by atoms with Gasteiger partial charge in [-0.3, -0.25) is 0 Å². The summed E-state index contributed by atoms with van der Waals surface area (Å²) in [6.45, 7) is 8.14. The number of nitrogens with zero attached hydrogens (tertiary/aromatic N) is 4. The van der Waals surface area contributed by atoms with Gasteiger partial charge in [0.05, 0.1) is 31.0 Å². The summed E-state index contributed by atoms with van der Waals surface area (Å²) < 4.78 is 37.8. The van der Waals surface area contributed by atoms with Crippen LogP contribution in [0.25, 0.3) is 11.0 Å². The van der Waals surface area contributed by atoms with Crippen molar-refractivity contribution in [2.24, 2.45) is 5.92 Å². The van der Waals surface area contributed by atoms with Crippen LogP contribution in [0.4, 0.5) is 20.7 Å². The van der Waals surface area contributed by atoms with Crippen molar-refractivity contribution in [3.63, 3.8) is 0 Å². The first-order chi connectivity index (χ1) is 18.7. The third-order valence-electron chi connectivity index (χ3n) is 6.34. The number of likely N-dealkylation sites (tertiary alicyclic amines) is 1. The number of ether oxygens (including phenoxy) is 4. The molecule has 0 saturated carbocycles. The molecule has 1 amide bonds. The molecule has 2 aromatic heterocycles. The Morgan fingerprint density at radius 1 is 1.23 bits per heavy atom. The highest BCUT2D eigenvalue weighted by atomic mass is 35.5. The smallest absolute Gasteiger partial charge is 0.410 e. The fourth-order valence-electron chi connectivity index (χ4n) is 4.36. The number of carbonyl (C=O) groups is 1. The summed E-state index contributed by atoms with van der Waals surface area (Å²) in [4.78, 5) is 27.1. The zero-order chi connectivity index (χ0) is 27.6. The number of pyridine rings is 1. The summed E-state index contributed by atoms with van der Waals surface area (Å²) in [7, 11) is 0. The number of halogens is 2. The maximum absolute atomic E-state index is 15.2. The minimum Gasteiger partial charge on any atom is -0.492 e. The molecule has 2 fully saturated rings. The van der Waals surface area contributed by atoms with Crippen LogP contribution in [0, 0.1) is 11.7 Å². The minimum atomic E-state index is -0.663. The van der Waals surface area contributed by atoms with Gasteiger partial charge in [0.25, 0.3) is 0 Å². The number of anilines is 2. The maximum atomic E-state index is 15.2. The Morgan fingerprint density at radius 3 is 2.85 bits per heavy atom. The minimum absolute atomic E-state index is 0.119. The molecule has 2 atom stereocenters. The lowest BCUT2D eigenvalue weighted by molar-refractivity contribution is 0.0275. The predicted octanol–water partition coefficient (Wildman–Crippen LogP) is 5.36. The van der Waals surface area contributed by atoms with Gasteiger partial charge in [0, 0.05) is 31.6 Å². The maximum Gasteiger partial charge on any atom is 0.410 e. The molecule has 12 heteroatoms. The molecule has 0 unspecified atom stereocenters. The van der Waals surface area contributed by atoms with Crippen LogP contribution in [0.3, 0.4) is 0 Å². The zero-order valence-corrected chi connectivity index (χ0v) is 22.8. The number of hydrogen-bond acceptors (Lipinski definition) is 9. The highest BCUT2D eigenvalue weighted by Gasteiger charge is 2.31. The largest absolute Gasteiger partial charge is 0.492 e. The van der Waals surface area contributed by atoms with Crippen molar-refractivity contribution in [3.8, 4) is 11.6 Å². The second kappa shape index (κ2) is 11.4. The average molecular weight is 560 g/mol. The first-order valence-electron chi connectivity index (χ1n) is 12.9. The Hall–Kier alpha value is -3.44. The summed E-state index contributed by atoms with van der Waals surface area (Å²) in [6, 6.07) is 6.61. The summed E-state index contributed by atoms with van der Waals surface area (Å²) in [5.41, 5.74) is 0.496. The fraction of sp³-hybridized carbons (Fsp3) is 0.481. The van der Waals surface area contributed by atoms with Crippen molar-refractivity contribution in [3.05, 3.63) is 41.4 Å². The number of fused-ring (bicyclic) bond motifs is 1. The van der Waals surface area contributed by atoms with Gasteiger partial charge in [-0.05, 0) is 45.4 Å². The van der Waals surface area contributed by atoms with Crippen molar-refractivity contribution < 1.29 is 28.1 Å². The van der Waals surface area contributed by atoms with E-state index in [4.69, 9.17) is 30.5 Å². The summed E-state index contributed by atoms with van der Waals surface area (Å²) in [6.07, 6.45) is 2.29. The highest BCUT2D eigenvalue weighted by molar-refractivity contribution is 6.32. The Bertz CT molecular complexity index is 1350. The Balaban J connectivity index is 1.28. The monoisotopic (exact) mass is 559 g/mol.